The first-order chi connectivity index (χ1) is 14.6. The minimum absolute atomic E-state index is 0.00734. The van der Waals surface area contributed by atoms with Crippen molar-refractivity contribution in [2.24, 2.45) is 0 Å². The molecule has 2 atom stereocenters. The van der Waals surface area contributed by atoms with E-state index in [1.165, 1.54) is 11.1 Å². The lowest BCUT2D eigenvalue weighted by Gasteiger charge is -2.44. The van der Waals surface area contributed by atoms with Crippen molar-refractivity contribution in [3.05, 3.63) is 71.8 Å². The summed E-state index contributed by atoms with van der Waals surface area (Å²) in [5, 5.41) is 4.02. The van der Waals surface area contributed by atoms with Crippen molar-refractivity contribution in [3.8, 4) is 0 Å². The third-order valence-corrected chi connectivity index (χ3v) is 11.7. The maximum atomic E-state index is 6.98. The molecule has 168 valence electrons. The molecule has 0 aromatic heterocycles. The molecule has 1 aliphatic rings. The van der Waals surface area contributed by atoms with E-state index in [2.05, 4.69) is 114 Å². The van der Waals surface area contributed by atoms with Crippen LogP contribution >= 0.6 is 0 Å². The van der Waals surface area contributed by atoms with Crippen LogP contribution in [0.5, 0.6) is 0 Å². The Kier molecular flexibility index (Phi) is 7.52. The van der Waals surface area contributed by atoms with Crippen molar-refractivity contribution in [2.45, 2.75) is 89.7 Å². The lowest BCUT2D eigenvalue weighted by molar-refractivity contribution is 0.0498. The third-order valence-electron chi connectivity index (χ3n) is 7.11. The lowest BCUT2D eigenvalue weighted by Crippen LogP contribution is -2.54. The summed E-state index contributed by atoms with van der Waals surface area (Å²) in [6.07, 6.45) is 3.31. The Balaban J connectivity index is 2.08. The van der Waals surface area contributed by atoms with Gasteiger partial charge in [0.2, 0.25) is 0 Å². The highest BCUT2D eigenvalue weighted by atomic mass is 28.4. The van der Waals surface area contributed by atoms with Gasteiger partial charge in [0.1, 0.15) is 5.60 Å². The highest BCUT2D eigenvalue weighted by Gasteiger charge is 2.55. The van der Waals surface area contributed by atoms with E-state index in [-0.39, 0.29) is 24.2 Å². The van der Waals surface area contributed by atoms with E-state index in [4.69, 9.17) is 9.08 Å². The molecule has 0 saturated carbocycles. The molecule has 2 aromatic carbocycles. The Hall–Kier alpha value is -1.40. The second-order valence-electron chi connectivity index (χ2n) is 10.4. The SMILES string of the molecule is CCCCB1N[C@@H]([C@@H](C)O[Si](C)(C)C(C)(C)C)C(c2ccccc2)(c2ccccc2)O1. The molecule has 0 unspecified atom stereocenters. The number of unbranched alkanes of at least 4 members (excludes halogenated alkanes) is 1. The monoisotopic (exact) mass is 437 g/mol. The van der Waals surface area contributed by atoms with Gasteiger partial charge < -0.3 is 14.3 Å². The smallest absolute Gasteiger partial charge is 0.380 e. The molecule has 0 radical (unpaired) electrons. The van der Waals surface area contributed by atoms with Crippen molar-refractivity contribution >= 4 is 15.4 Å². The van der Waals surface area contributed by atoms with E-state index in [1.807, 2.05) is 0 Å². The van der Waals surface area contributed by atoms with Crippen LogP contribution in [0.3, 0.4) is 0 Å². The molecule has 0 spiro atoms. The van der Waals surface area contributed by atoms with Crippen LogP contribution in [0.4, 0.5) is 0 Å². The first kappa shape index (κ1) is 24.2. The van der Waals surface area contributed by atoms with Crippen molar-refractivity contribution in [1.82, 2.24) is 5.23 Å². The van der Waals surface area contributed by atoms with E-state index in [1.54, 1.807) is 0 Å². The molecular weight excluding hydrogens is 397 g/mol. The van der Waals surface area contributed by atoms with Gasteiger partial charge >= 0.3 is 7.05 Å². The van der Waals surface area contributed by atoms with E-state index >= 15 is 0 Å². The van der Waals surface area contributed by atoms with Crippen LogP contribution in [0.15, 0.2) is 60.7 Å². The second kappa shape index (κ2) is 9.62. The van der Waals surface area contributed by atoms with Gasteiger partial charge in [-0.2, -0.15) is 0 Å². The lowest BCUT2D eigenvalue weighted by atomic mass is 9.77. The fourth-order valence-electron chi connectivity index (χ4n) is 4.39. The summed E-state index contributed by atoms with van der Waals surface area (Å²) in [6, 6.07) is 21.4. The van der Waals surface area contributed by atoms with Crippen LogP contribution in [-0.2, 0) is 14.7 Å². The molecule has 5 heteroatoms. The summed E-state index contributed by atoms with van der Waals surface area (Å²) in [5.74, 6) is 0. The number of hydrogen-bond donors (Lipinski definition) is 1. The van der Waals surface area contributed by atoms with Gasteiger partial charge in [0.15, 0.2) is 8.32 Å². The minimum atomic E-state index is -1.94. The summed E-state index contributed by atoms with van der Waals surface area (Å²) < 4.78 is 13.9. The van der Waals surface area contributed by atoms with Crippen molar-refractivity contribution in [2.75, 3.05) is 0 Å². The van der Waals surface area contributed by atoms with Crippen molar-refractivity contribution < 1.29 is 9.08 Å². The summed E-state index contributed by atoms with van der Waals surface area (Å²) in [4.78, 5) is 0. The van der Waals surface area contributed by atoms with Gasteiger partial charge in [-0.1, -0.05) is 101 Å². The Bertz CT molecular complexity index is 783. The predicted molar refractivity (Wildman–Crippen MR) is 135 cm³/mol. The Labute approximate surface area is 191 Å². The zero-order valence-corrected chi connectivity index (χ0v) is 21.4. The molecule has 1 N–H and O–H groups in total. The average Bonchev–Trinajstić information content (AvgIpc) is 3.13. The molecule has 1 saturated heterocycles. The molecule has 0 amide bonds. The molecular formula is C26H40BNO2Si. The Morgan fingerprint density at radius 2 is 1.55 bits per heavy atom. The van der Waals surface area contributed by atoms with Gasteiger partial charge in [-0.05, 0) is 42.5 Å². The summed E-state index contributed by atoms with van der Waals surface area (Å²) in [7, 11) is -1.93. The average molecular weight is 438 g/mol. The van der Waals surface area contributed by atoms with Crippen LogP contribution < -0.4 is 5.23 Å². The molecule has 0 aliphatic carbocycles. The molecule has 1 heterocycles. The molecule has 1 aliphatic heterocycles. The zero-order valence-electron chi connectivity index (χ0n) is 20.4. The van der Waals surface area contributed by atoms with Crippen molar-refractivity contribution in [3.63, 3.8) is 0 Å². The zero-order chi connectivity index (χ0) is 22.7. The highest BCUT2D eigenvalue weighted by Crippen LogP contribution is 2.45. The summed E-state index contributed by atoms with van der Waals surface area (Å²) in [5.41, 5.74) is 1.79. The van der Waals surface area contributed by atoms with Crippen LogP contribution in [0.1, 0.15) is 58.6 Å². The summed E-state index contributed by atoms with van der Waals surface area (Å²) in [6.45, 7) is 16.0. The number of hydrogen-bond acceptors (Lipinski definition) is 3. The molecule has 2 aromatic rings. The number of benzene rings is 2. The molecule has 3 rings (SSSR count). The molecule has 1 fully saturated rings. The van der Waals surface area contributed by atoms with Crippen LogP contribution in [0.2, 0.25) is 24.5 Å². The van der Waals surface area contributed by atoms with Crippen molar-refractivity contribution in [1.29, 1.82) is 0 Å². The third kappa shape index (κ3) is 5.00. The molecule has 3 nitrogen and oxygen atoms in total. The van der Waals surface area contributed by atoms with E-state index in [0.29, 0.717) is 0 Å². The fourth-order valence-corrected chi connectivity index (χ4v) is 5.81. The Morgan fingerprint density at radius 1 is 1.03 bits per heavy atom. The van der Waals surface area contributed by atoms with E-state index < -0.39 is 13.9 Å². The normalized spacial score (nSPS) is 20.1. The largest absolute Gasteiger partial charge is 0.413 e. The Morgan fingerprint density at radius 3 is 2.00 bits per heavy atom. The van der Waals surface area contributed by atoms with Gasteiger partial charge in [-0.25, -0.2) is 0 Å². The number of rotatable bonds is 8. The van der Waals surface area contributed by atoms with E-state index in [0.717, 1.165) is 19.2 Å². The molecule has 0 bridgehead atoms. The minimum Gasteiger partial charge on any atom is -0.413 e. The fraction of sp³-hybridized carbons (Fsp3) is 0.538. The highest BCUT2D eigenvalue weighted by molar-refractivity contribution is 6.74. The van der Waals surface area contributed by atoms with Crippen LogP contribution in [0, 0.1) is 0 Å². The first-order valence-corrected chi connectivity index (χ1v) is 14.8. The first-order valence-electron chi connectivity index (χ1n) is 11.8. The molecule has 31 heavy (non-hydrogen) atoms. The second-order valence-corrected chi connectivity index (χ2v) is 15.2. The predicted octanol–water partition coefficient (Wildman–Crippen LogP) is 6.62. The van der Waals surface area contributed by atoms with Gasteiger partial charge in [-0.3, -0.25) is 0 Å². The van der Waals surface area contributed by atoms with Gasteiger partial charge in [0, 0.05) is 0 Å². The summed E-state index contributed by atoms with van der Waals surface area (Å²) >= 11 is 0. The maximum Gasteiger partial charge on any atom is 0.380 e. The van der Waals surface area contributed by atoms with Crippen LogP contribution in [0.25, 0.3) is 0 Å². The quantitative estimate of drug-likeness (QED) is 0.471. The van der Waals surface area contributed by atoms with Gasteiger partial charge in [-0.15, -0.1) is 0 Å². The number of nitrogens with one attached hydrogen (secondary N) is 1. The van der Waals surface area contributed by atoms with E-state index in [9.17, 15) is 0 Å². The van der Waals surface area contributed by atoms with Crippen LogP contribution in [-0.4, -0.2) is 27.5 Å². The topological polar surface area (TPSA) is 30.5 Å². The van der Waals surface area contributed by atoms with Gasteiger partial charge in [0.25, 0.3) is 0 Å². The standard InChI is InChI=1S/C26H40BNO2Si/c1-8-9-20-27-28-24(21(2)29-31(6,7)25(3,4)5)26(30-27,22-16-12-10-13-17-22)23-18-14-11-15-19-23/h10-19,21,24,28H,8-9,20H2,1-7H3/t21-,24+/m1/s1. The maximum absolute atomic E-state index is 6.98. The van der Waals surface area contributed by atoms with Gasteiger partial charge in [0.05, 0.1) is 12.1 Å².